The highest BCUT2D eigenvalue weighted by Crippen LogP contribution is 2.24. The Bertz CT molecular complexity index is 925. The maximum Gasteiger partial charge on any atom is 0.289 e. The summed E-state index contributed by atoms with van der Waals surface area (Å²) in [5.74, 6) is -1.15. The molecule has 1 unspecified atom stereocenters. The number of nitrogens with one attached hydrogen (secondary N) is 1. The van der Waals surface area contributed by atoms with Gasteiger partial charge in [0, 0.05) is 19.1 Å². The number of nitrogens with zero attached hydrogens (tertiary/aromatic N) is 2. The van der Waals surface area contributed by atoms with E-state index in [1.165, 1.54) is 6.26 Å². The van der Waals surface area contributed by atoms with Crippen LogP contribution in [0.2, 0.25) is 0 Å². The van der Waals surface area contributed by atoms with E-state index in [2.05, 4.69) is 5.32 Å². The van der Waals surface area contributed by atoms with Gasteiger partial charge in [-0.2, -0.15) is 0 Å². The van der Waals surface area contributed by atoms with E-state index in [0.717, 1.165) is 4.90 Å². The quantitative estimate of drug-likeness (QED) is 0.794. The number of amides is 4. The second-order valence-corrected chi connectivity index (χ2v) is 7.25. The summed E-state index contributed by atoms with van der Waals surface area (Å²) in [6, 6.07) is 8.82. The molecule has 1 aromatic carbocycles. The lowest BCUT2D eigenvalue weighted by molar-refractivity contribution is -0.125. The molecular formula is C21H21N3O5. The number of hydrogen-bond acceptors (Lipinski definition) is 5. The average molecular weight is 395 g/mol. The smallest absolute Gasteiger partial charge is 0.289 e. The highest BCUT2D eigenvalue weighted by molar-refractivity contribution is 6.22. The maximum absolute atomic E-state index is 12.7. The number of rotatable bonds is 4. The van der Waals surface area contributed by atoms with Gasteiger partial charge in [-0.1, -0.05) is 12.1 Å². The van der Waals surface area contributed by atoms with Gasteiger partial charge < -0.3 is 14.6 Å². The Kier molecular flexibility index (Phi) is 4.92. The first-order chi connectivity index (χ1) is 14.0. The van der Waals surface area contributed by atoms with Crippen molar-refractivity contribution in [3.05, 3.63) is 59.5 Å². The monoisotopic (exact) mass is 395 g/mol. The molecule has 0 aliphatic carbocycles. The van der Waals surface area contributed by atoms with Crippen molar-refractivity contribution < 1.29 is 23.6 Å². The summed E-state index contributed by atoms with van der Waals surface area (Å²) < 4.78 is 5.14. The molecule has 8 nitrogen and oxygen atoms in total. The van der Waals surface area contributed by atoms with E-state index in [-0.39, 0.29) is 17.9 Å². The minimum atomic E-state index is -0.912. The number of piperidine rings is 1. The molecule has 0 bridgehead atoms. The zero-order chi connectivity index (χ0) is 20.5. The molecule has 0 saturated carbocycles. The SMILES string of the molecule is CC(C(=O)NC1CCN(C(=O)c2ccco2)CC1)N1C(=O)c2ccccc2C1=O. The van der Waals surface area contributed by atoms with Crippen LogP contribution in [0.1, 0.15) is 51.0 Å². The molecule has 1 atom stereocenters. The van der Waals surface area contributed by atoms with E-state index >= 15 is 0 Å². The molecule has 29 heavy (non-hydrogen) atoms. The Morgan fingerprint density at radius 3 is 2.21 bits per heavy atom. The number of furan rings is 1. The molecule has 2 aliphatic heterocycles. The highest BCUT2D eigenvalue weighted by atomic mass is 16.3. The molecule has 2 aromatic rings. The van der Waals surface area contributed by atoms with E-state index in [1.807, 2.05) is 0 Å². The topological polar surface area (TPSA) is 99.9 Å². The number of imide groups is 1. The van der Waals surface area contributed by atoms with Gasteiger partial charge in [0.1, 0.15) is 6.04 Å². The summed E-state index contributed by atoms with van der Waals surface area (Å²) in [6.07, 6.45) is 2.64. The maximum atomic E-state index is 12.7. The zero-order valence-electron chi connectivity index (χ0n) is 16.0. The fourth-order valence-corrected chi connectivity index (χ4v) is 3.78. The van der Waals surface area contributed by atoms with Crippen LogP contribution in [0, 0.1) is 0 Å². The van der Waals surface area contributed by atoms with Crippen molar-refractivity contribution in [2.45, 2.75) is 31.8 Å². The second kappa shape index (κ2) is 7.54. The third-order valence-electron chi connectivity index (χ3n) is 5.45. The van der Waals surface area contributed by atoms with Crippen LogP contribution in [0.4, 0.5) is 0 Å². The van der Waals surface area contributed by atoms with Crippen LogP contribution in [0.15, 0.2) is 47.1 Å². The van der Waals surface area contributed by atoms with E-state index < -0.39 is 17.9 Å². The average Bonchev–Trinajstić information content (AvgIpc) is 3.36. The number of fused-ring (bicyclic) bond motifs is 1. The van der Waals surface area contributed by atoms with Crippen molar-refractivity contribution in [3.8, 4) is 0 Å². The molecule has 2 aliphatic rings. The van der Waals surface area contributed by atoms with E-state index in [4.69, 9.17) is 4.42 Å². The normalized spacial score (nSPS) is 18.0. The minimum Gasteiger partial charge on any atom is -0.459 e. The van der Waals surface area contributed by atoms with Crippen LogP contribution < -0.4 is 5.32 Å². The van der Waals surface area contributed by atoms with Gasteiger partial charge in [-0.05, 0) is 44.0 Å². The molecule has 0 radical (unpaired) electrons. The van der Waals surface area contributed by atoms with Crippen molar-refractivity contribution in [2.24, 2.45) is 0 Å². The molecule has 3 heterocycles. The summed E-state index contributed by atoms with van der Waals surface area (Å²) >= 11 is 0. The molecule has 1 aromatic heterocycles. The summed E-state index contributed by atoms with van der Waals surface area (Å²) in [7, 11) is 0. The van der Waals surface area contributed by atoms with Gasteiger partial charge in [-0.25, -0.2) is 0 Å². The fraction of sp³-hybridized carbons (Fsp3) is 0.333. The fourth-order valence-electron chi connectivity index (χ4n) is 3.78. The van der Waals surface area contributed by atoms with E-state index in [9.17, 15) is 19.2 Å². The molecular weight excluding hydrogens is 374 g/mol. The number of hydrogen-bond donors (Lipinski definition) is 1. The third-order valence-corrected chi connectivity index (χ3v) is 5.45. The summed E-state index contributed by atoms with van der Waals surface area (Å²) in [5, 5.41) is 2.91. The first-order valence-corrected chi connectivity index (χ1v) is 9.57. The van der Waals surface area contributed by atoms with Gasteiger partial charge in [-0.3, -0.25) is 24.1 Å². The van der Waals surface area contributed by atoms with Crippen molar-refractivity contribution in [1.29, 1.82) is 0 Å². The third kappa shape index (κ3) is 3.41. The second-order valence-electron chi connectivity index (χ2n) is 7.25. The van der Waals surface area contributed by atoms with Crippen molar-refractivity contribution in [3.63, 3.8) is 0 Å². The zero-order valence-corrected chi connectivity index (χ0v) is 16.0. The van der Waals surface area contributed by atoms with Crippen LogP contribution in [-0.2, 0) is 4.79 Å². The minimum absolute atomic E-state index is 0.124. The molecule has 4 rings (SSSR count). The summed E-state index contributed by atoms with van der Waals surface area (Å²) in [4.78, 5) is 52.8. The van der Waals surface area contributed by atoms with Gasteiger partial charge in [0.15, 0.2) is 5.76 Å². The van der Waals surface area contributed by atoms with Crippen LogP contribution in [-0.4, -0.2) is 58.6 Å². The van der Waals surface area contributed by atoms with E-state index in [0.29, 0.717) is 42.8 Å². The predicted octanol–water partition coefficient (Wildman–Crippen LogP) is 1.69. The molecule has 1 N–H and O–H groups in total. The van der Waals surface area contributed by atoms with Gasteiger partial charge in [0.2, 0.25) is 5.91 Å². The molecule has 1 saturated heterocycles. The molecule has 1 fully saturated rings. The lowest BCUT2D eigenvalue weighted by Crippen LogP contribution is -2.53. The number of carbonyl (C=O) groups is 4. The van der Waals surface area contributed by atoms with Crippen LogP contribution in [0.3, 0.4) is 0 Å². The van der Waals surface area contributed by atoms with Gasteiger partial charge in [0.25, 0.3) is 17.7 Å². The first kappa shape index (κ1) is 18.9. The molecule has 4 amide bonds. The van der Waals surface area contributed by atoms with Gasteiger partial charge >= 0.3 is 0 Å². The van der Waals surface area contributed by atoms with Gasteiger partial charge in [0.05, 0.1) is 17.4 Å². The Balaban J connectivity index is 1.34. The lowest BCUT2D eigenvalue weighted by atomic mass is 10.0. The van der Waals surface area contributed by atoms with Crippen LogP contribution in [0.25, 0.3) is 0 Å². The molecule has 150 valence electrons. The van der Waals surface area contributed by atoms with Crippen molar-refractivity contribution in [2.75, 3.05) is 13.1 Å². The lowest BCUT2D eigenvalue weighted by Gasteiger charge is -2.33. The van der Waals surface area contributed by atoms with Crippen LogP contribution >= 0.6 is 0 Å². The standard InChI is InChI=1S/C21H21N3O5/c1-13(24-19(26)15-5-2-3-6-16(15)20(24)27)18(25)22-14-8-10-23(11-9-14)21(28)17-7-4-12-29-17/h2-7,12-14H,8-11H2,1H3,(H,22,25). The Morgan fingerprint density at radius 2 is 1.66 bits per heavy atom. The summed E-state index contributed by atoms with van der Waals surface area (Å²) in [5.41, 5.74) is 0.642. The summed E-state index contributed by atoms with van der Waals surface area (Å²) in [6.45, 7) is 2.53. The predicted molar refractivity (Wildman–Crippen MR) is 102 cm³/mol. The van der Waals surface area contributed by atoms with Crippen molar-refractivity contribution in [1.82, 2.24) is 15.1 Å². The Morgan fingerprint density at radius 1 is 1.03 bits per heavy atom. The highest BCUT2D eigenvalue weighted by Gasteiger charge is 2.41. The van der Waals surface area contributed by atoms with Crippen LogP contribution in [0.5, 0.6) is 0 Å². The Hall–Kier alpha value is -3.42. The number of carbonyl (C=O) groups excluding carboxylic acids is 4. The van der Waals surface area contributed by atoms with E-state index in [1.54, 1.807) is 48.2 Å². The first-order valence-electron chi connectivity index (χ1n) is 9.57. The van der Waals surface area contributed by atoms with Gasteiger partial charge in [-0.15, -0.1) is 0 Å². The Labute approximate surface area is 167 Å². The number of benzene rings is 1. The van der Waals surface area contributed by atoms with Crippen molar-refractivity contribution >= 4 is 23.6 Å². The number of likely N-dealkylation sites (tertiary alicyclic amines) is 1. The molecule has 8 heteroatoms. The largest absolute Gasteiger partial charge is 0.459 e. The molecule has 0 spiro atoms.